The average molecular weight is 195 g/mol. The van der Waals surface area contributed by atoms with Crippen molar-refractivity contribution < 1.29 is 4.39 Å². The molecular formula is C10H14FN3. The standard InChI is InChI=1S/C10H14FN3/c1-7-3-8(7)5-14(2)10-4-9(11)12-6-13-10/h4,6-8H,3,5H2,1-2H3. The van der Waals surface area contributed by atoms with Crippen LogP contribution in [0.25, 0.3) is 0 Å². The molecule has 0 bridgehead atoms. The number of nitrogens with zero attached hydrogens (tertiary/aromatic N) is 3. The SMILES string of the molecule is CC1CC1CN(C)c1cc(F)ncn1. The summed E-state index contributed by atoms with van der Waals surface area (Å²) in [7, 11) is 1.94. The largest absolute Gasteiger partial charge is 0.359 e. The van der Waals surface area contributed by atoms with Crippen molar-refractivity contribution >= 4 is 5.82 Å². The zero-order chi connectivity index (χ0) is 10.1. The van der Waals surface area contributed by atoms with E-state index >= 15 is 0 Å². The minimum atomic E-state index is -0.467. The summed E-state index contributed by atoms with van der Waals surface area (Å²) < 4.78 is 12.8. The molecule has 2 atom stereocenters. The van der Waals surface area contributed by atoms with Crippen molar-refractivity contribution in [2.24, 2.45) is 11.8 Å². The van der Waals surface area contributed by atoms with E-state index in [-0.39, 0.29) is 0 Å². The van der Waals surface area contributed by atoms with E-state index in [4.69, 9.17) is 0 Å². The fraction of sp³-hybridized carbons (Fsp3) is 0.600. The van der Waals surface area contributed by atoms with Crippen molar-refractivity contribution in [2.45, 2.75) is 13.3 Å². The van der Waals surface area contributed by atoms with Crippen molar-refractivity contribution in [3.05, 3.63) is 18.3 Å². The van der Waals surface area contributed by atoms with Gasteiger partial charge in [-0.15, -0.1) is 0 Å². The first kappa shape index (κ1) is 9.37. The molecule has 1 aromatic heterocycles. The Morgan fingerprint density at radius 2 is 2.29 bits per heavy atom. The van der Waals surface area contributed by atoms with Crippen LogP contribution in [0.2, 0.25) is 0 Å². The molecule has 14 heavy (non-hydrogen) atoms. The molecule has 0 N–H and O–H groups in total. The summed E-state index contributed by atoms with van der Waals surface area (Å²) in [4.78, 5) is 9.43. The molecule has 76 valence electrons. The lowest BCUT2D eigenvalue weighted by atomic mass is 10.3. The van der Waals surface area contributed by atoms with Crippen LogP contribution < -0.4 is 4.90 Å². The molecule has 0 spiro atoms. The molecule has 1 aromatic rings. The van der Waals surface area contributed by atoms with Crippen LogP contribution in [0, 0.1) is 17.8 Å². The van der Waals surface area contributed by atoms with Crippen molar-refractivity contribution in [3.63, 3.8) is 0 Å². The Kier molecular flexibility index (Phi) is 2.35. The van der Waals surface area contributed by atoms with E-state index in [2.05, 4.69) is 16.9 Å². The molecule has 0 amide bonds. The Balaban J connectivity index is 2.00. The van der Waals surface area contributed by atoms with E-state index in [9.17, 15) is 4.39 Å². The van der Waals surface area contributed by atoms with Gasteiger partial charge in [-0.1, -0.05) is 6.92 Å². The monoisotopic (exact) mass is 195 g/mol. The zero-order valence-corrected chi connectivity index (χ0v) is 8.44. The van der Waals surface area contributed by atoms with Crippen molar-refractivity contribution in [1.82, 2.24) is 9.97 Å². The van der Waals surface area contributed by atoms with Gasteiger partial charge < -0.3 is 4.90 Å². The van der Waals surface area contributed by atoms with E-state index in [1.807, 2.05) is 11.9 Å². The maximum atomic E-state index is 12.8. The van der Waals surface area contributed by atoms with Gasteiger partial charge in [0.15, 0.2) is 0 Å². The third-order valence-corrected chi connectivity index (χ3v) is 2.79. The summed E-state index contributed by atoms with van der Waals surface area (Å²) in [6.07, 6.45) is 2.54. The summed E-state index contributed by atoms with van der Waals surface area (Å²) >= 11 is 0. The summed E-state index contributed by atoms with van der Waals surface area (Å²) in [6.45, 7) is 3.19. The summed E-state index contributed by atoms with van der Waals surface area (Å²) in [5.41, 5.74) is 0. The molecule has 3 nitrogen and oxygen atoms in total. The Morgan fingerprint density at radius 3 is 2.86 bits per heavy atom. The zero-order valence-electron chi connectivity index (χ0n) is 8.44. The maximum absolute atomic E-state index is 12.8. The van der Waals surface area contributed by atoms with Crippen LogP contribution in [-0.2, 0) is 0 Å². The molecule has 1 heterocycles. The minimum Gasteiger partial charge on any atom is -0.359 e. The molecule has 1 aliphatic carbocycles. The molecule has 1 saturated carbocycles. The molecular weight excluding hydrogens is 181 g/mol. The van der Waals surface area contributed by atoms with Crippen LogP contribution in [-0.4, -0.2) is 23.6 Å². The molecule has 1 fully saturated rings. The van der Waals surface area contributed by atoms with Crippen molar-refractivity contribution in [1.29, 1.82) is 0 Å². The van der Waals surface area contributed by atoms with Gasteiger partial charge in [-0.25, -0.2) is 9.97 Å². The van der Waals surface area contributed by atoms with E-state index < -0.39 is 5.95 Å². The van der Waals surface area contributed by atoms with Crippen molar-refractivity contribution in [3.8, 4) is 0 Å². The number of anilines is 1. The molecule has 0 radical (unpaired) electrons. The van der Waals surface area contributed by atoms with Crippen LogP contribution in [0.15, 0.2) is 12.4 Å². The fourth-order valence-electron chi connectivity index (χ4n) is 1.63. The third kappa shape index (κ3) is 2.00. The van der Waals surface area contributed by atoms with Gasteiger partial charge in [0.1, 0.15) is 12.1 Å². The lowest BCUT2D eigenvalue weighted by Gasteiger charge is -2.17. The molecule has 0 aromatic carbocycles. The highest BCUT2D eigenvalue weighted by atomic mass is 19.1. The highest BCUT2D eigenvalue weighted by Gasteiger charge is 2.33. The van der Waals surface area contributed by atoms with Gasteiger partial charge in [0.05, 0.1) is 0 Å². The van der Waals surface area contributed by atoms with E-state index in [1.54, 1.807) is 0 Å². The molecule has 1 aliphatic rings. The fourth-order valence-corrected chi connectivity index (χ4v) is 1.63. The van der Waals surface area contributed by atoms with E-state index in [0.717, 1.165) is 18.4 Å². The first-order chi connectivity index (χ1) is 6.66. The topological polar surface area (TPSA) is 29.0 Å². The van der Waals surface area contributed by atoms with Crippen LogP contribution in [0.4, 0.5) is 10.2 Å². The maximum Gasteiger partial charge on any atom is 0.218 e. The predicted octanol–water partition coefficient (Wildman–Crippen LogP) is 1.71. The second kappa shape index (κ2) is 3.52. The average Bonchev–Trinajstić information content (AvgIpc) is 2.81. The number of halogens is 1. The quantitative estimate of drug-likeness (QED) is 0.687. The van der Waals surface area contributed by atoms with Gasteiger partial charge in [-0.3, -0.25) is 0 Å². The number of hydrogen-bond acceptors (Lipinski definition) is 3. The number of aromatic nitrogens is 2. The van der Waals surface area contributed by atoms with Crippen LogP contribution in [0.5, 0.6) is 0 Å². The molecule has 2 unspecified atom stereocenters. The Morgan fingerprint density at radius 1 is 1.57 bits per heavy atom. The lowest BCUT2D eigenvalue weighted by Crippen LogP contribution is -2.21. The van der Waals surface area contributed by atoms with Gasteiger partial charge in [-0.2, -0.15) is 4.39 Å². The van der Waals surface area contributed by atoms with Gasteiger partial charge in [0, 0.05) is 19.7 Å². The predicted molar refractivity (Wildman–Crippen MR) is 52.5 cm³/mol. The third-order valence-electron chi connectivity index (χ3n) is 2.79. The van der Waals surface area contributed by atoms with Crippen LogP contribution in [0.1, 0.15) is 13.3 Å². The number of hydrogen-bond donors (Lipinski definition) is 0. The van der Waals surface area contributed by atoms with Crippen LogP contribution in [0.3, 0.4) is 0 Å². The first-order valence-electron chi connectivity index (χ1n) is 4.85. The first-order valence-corrected chi connectivity index (χ1v) is 4.85. The second-order valence-electron chi connectivity index (χ2n) is 4.05. The van der Waals surface area contributed by atoms with Gasteiger partial charge >= 0.3 is 0 Å². The second-order valence-corrected chi connectivity index (χ2v) is 4.05. The van der Waals surface area contributed by atoms with Crippen molar-refractivity contribution in [2.75, 3.05) is 18.5 Å². The summed E-state index contributed by atoms with van der Waals surface area (Å²) in [5.74, 6) is 1.75. The Hall–Kier alpha value is -1.19. The van der Waals surface area contributed by atoms with Gasteiger partial charge in [0.25, 0.3) is 0 Å². The molecule has 0 aliphatic heterocycles. The molecule has 2 rings (SSSR count). The van der Waals surface area contributed by atoms with Gasteiger partial charge in [0.2, 0.25) is 5.95 Å². The lowest BCUT2D eigenvalue weighted by molar-refractivity contribution is 0.577. The highest BCUT2D eigenvalue weighted by Crippen LogP contribution is 2.38. The molecule has 4 heteroatoms. The van der Waals surface area contributed by atoms with Gasteiger partial charge in [-0.05, 0) is 18.3 Å². The summed E-state index contributed by atoms with van der Waals surface area (Å²) in [6, 6.07) is 1.37. The Labute approximate surface area is 83.0 Å². The van der Waals surface area contributed by atoms with E-state index in [0.29, 0.717) is 5.82 Å². The normalized spacial score (nSPS) is 24.8. The van der Waals surface area contributed by atoms with Crippen LogP contribution >= 0.6 is 0 Å². The number of rotatable bonds is 3. The van der Waals surface area contributed by atoms with E-state index in [1.165, 1.54) is 18.8 Å². The smallest absolute Gasteiger partial charge is 0.218 e. The minimum absolute atomic E-state index is 0.467. The molecule has 0 saturated heterocycles. The highest BCUT2D eigenvalue weighted by molar-refractivity contribution is 5.35. The summed E-state index contributed by atoms with van der Waals surface area (Å²) in [5, 5.41) is 0. The Bertz CT molecular complexity index is 329.